The first-order valence-electron chi connectivity index (χ1n) is 3.61. The Morgan fingerprint density at radius 1 is 1.54 bits per heavy atom. The zero-order valence-corrected chi connectivity index (χ0v) is 8.29. The highest BCUT2D eigenvalue weighted by Gasteiger charge is 1.90. The number of nitrogens with one attached hydrogen (secondary N) is 1. The molecular formula is C5H17N3O4S. The minimum absolute atomic E-state index is 0.262. The summed E-state index contributed by atoms with van der Waals surface area (Å²) in [6, 6.07) is 0. The predicted molar refractivity (Wildman–Crippen MR) is 49.3 cm³/mol. The summed E-state index contributed by atoms with van der Waals surface area (Å²) in [6.45, 7) is 3.79. The topological polar surface area (TPSA) is 139 Å². The predicted octanol–water partition coefficient (Wildman–Crippen LogP) is -2.34. The molecule has 0 aromatic heterocycles. The molecule has 0 aliphatic carbocycles. The molecule has 0 aromatic rings. The smallest absolute Gasteiger partial charge is 0.330 e. The molecule has 82 valence electrons. The van der Waals surface area contributed by atoms with Crippen LogP contribution in [-0.4, -0.2) is 43.8 Å². The maximum absolute atomic E-state index is 8.97. The van der Waals surface area contributed by atoms with E-state index in [4.69, 9.17) is 23.8 Å². The van der Waals surface area contributed by atoms with Crippen LogP contribution in [0.15, 0.2) is 0 Å². The van der Waals surface area contributed by atoms with Crippen LogP contribution < -0.4 is 16.2 Å². The molecular weight excluding hydrogens is 198 g/mol. The average Bonchev–Trinajstić information content (AvgIpc) is 1.83. The van der Waals surface area contributed by atoms with Gasteiger partial charge in [0.2, 0.25) is 0 Å². The maximum Gasteiger partial charge on any atom is 0.330 e. The monoisotopic (exact) mass is 215 g/mol. The molecule has 13 heavy (non-hydrogen) atoms. The highest BCUT2D eigenvalue weighted by molar-refractivity contribution is 7.83. The van der Waals surface area contributed by atoms with Gasteiger partial charge in [-0.15, -0.1) is 0 Å². The van der Waals surface area contributed by atoms with Gasteiger partial charge in [0.1, 0.15) is 0 Å². The van der Waals surface area contributed by atoms with E-state index in [1.165, 1.54) is 0 Å². The molecule has 0 spiro atoms. The largest absolute Gasteiger partial charge is 0.392 e. The van der Waals surface area contributed by atoms with Crippen molar-refractivity contribution in [2.75, 3.05) is 19.6 Å². The minimum Gasteiger partial charge on any atom is -0.392 e. The van der Waals surface area contributed by atoms with E-state index in [2.05, 4.69) is 10.5 Å². The van der Waals surface area contributed by atoms with Crippen LogP contribution in [0.1, 0.15) is 6.92 Å². The molecule has 0 saturated heterocycles. The second kappa shape index (κ2) is 8.35. The number of rotatable bonds is 4. The van der Waals surface area contributed by atoms with Crippen molar-refractivity contribution in [2.24, 2.45) is 10.9 Å². The molecule has 0 aromatic carbocycles. The molecule has 0 aliphatic heterocycles. The van der Waals surface area contributed by atoms with E-state index >= 15 is 0 Å². The molecule has 0 heterocycles. The van der Waals surface area contributed by atoms with Crippen LogP contribution in [0.3, 0.4) is 0 Å². The Morgan fingerprint density at radius 3 is 2.15 bits per heavy atom. The summed E-state index contributed by atoms with van der Waals surface area (Å²) >= 11 is 0. The van der Waals surface area contributed by atoms with Crippen LogP contribution >= 0.6 is 0 Å². The maximum atomic E-state index is 8.97. The molecule has 7 nitrogen and oxygen atoms in total. The number of aliphatic hydroxyl groups is 1. The van der Waals surface area contributed by atoms with Gasteiger partial charge in [-0.1, -0.05) is 0 Å². The van der Waals surface area contributed by atoms with E-state index in [1.807, 2.05) is 0 Å². The van der Waals surface area contributed by atoms with Crippen LogP contribution in [-0.2, 0) is 10.3 Å². The van der Waals surface area contributed by atoms with Gasteiger partial charge >= 0.3 is 10.3 Å². The Balaban J connectivity index is 0. The van der Waals surface area contributed by atoms with Gasteiger partial charge in [-0.3, -0.25) is 4.55 Å². The number of nitrogens with two attached hydrogens (primary N) is 2. The van der Waals surface area contributed by atoms with Crippen molar-refractivity contribution in [1.29, 1.82) is 0 Å². The molecule has 1 atom stereocenters. The normalized spacial score (nSPS) is 13.0. The highest BCUT2D eigenvalue weighted by Crippen LogP contribution is 1.71. The van der Waals surface area contributed by atoms with Crippen molar-refractivity contribution in [3.8, 4) is 0 Å². The third kappa shape index (κ3) is 49.5. The summed E-state index contributed by atoms with van der Waals surface area (Å²) in [4.78, 5) is 0. The third-order valence-electron chi connectivity index (χ3n) is 0.761. The van der Waals surface area contributed by atoms with Gasteiger partial charge in [-0.05, 0) is 6.92 Å². The Hall–Kier alpha value is -0.250. The molecule has 0 amide bonds. The molecule has 0 fully saturated rings. The molecule has 7 N–H and O–H groups in total. The Morgan fingerprint density at radius 2 is 1.92 bits per heavy atom. The molecule has 0 bridgehead atoms. The van der Waals surface area contributed by atoms with Crippen LogP contribution in [0.2, 0.25) is 0 Å². The average molecular weight is 215 g/mol. The zero-order valence-electron chi connectivity index (χ0n) is 7.47. The molecule has 8 heteroatoms. The van der Waals surface area contributed by atoms with E-state index in [9.17, 15) is 0 Å². The molecule has 0 aliphatic rings. The minimum atomic E-state index is -4.17. The van der Waals surface area contributed by atoms with Crippen molar-refractivity contribution >= 4 is 10.3 Å². The Labute approximate surface area is 78.0 Å². The van der Waals surface area contributed by atoms with Crippen LogP contribution in [0.25, 0.3) is 0 Å². The SMILES string of the molecule is CC(O)CNCCN.NS(=O)(=O)O. The fraction of sp³-hybridized carbons (Fsp3) is 1.00. The van der Waals surface area contributed by atoms with E-state index in [0.717, 1.165) is 6.54 Å². The Bertz CT molecular complexity index is 184. The van der Waals surface area contributed by atoms with Gasteiger partial charge in [0.05, 0.1) is 6.10 Å². The summed E-state index contributed by atoms with van der Waals surface area (Å²) in [7, 11) is -4.17. The lowest BCUT2D eigenvalue weighted by Gasteiger charge is -2.03. The molecule has 0 radical (unpaired) electrons. The quantitative estimate of drug-likeness (QED) is 0.263. The van der Waals surface area contributed by atoms with E-state index in [-0.39, 0.29) is 6.10 Å². The van der Waals surface area contributed by atoms with Crippen molar-refractivity contribution in [3.63, 3.8) is 0 Å². The van der Waals surface area contributed by atoms with Crippen LogP contribution in [0.5, 0.6) is 0 Å². The number of hydrogen-bond acceptors (Lipinski definition) is 5. The summed E-state index contributed by atoms with van der Waals surface area (Å²) in [6.07, 6.45) is -0.262. The first-order chi connectivity index (χ1) is 5.77. The lowest BCUT2D eigenvalue weighted by molar-refractivity contribution is 0.192. The van der Waals surface area contributed by atoms with Crippen molar-refractivity contribution in [1.82, 2.24) is 5.32 Å². The lowest BCUT2D eigenvalue weighted by Crippen LogP contribution is -2.29. The second-order valence-corrected chi connectivity index (χ2v) is 3.39. The Kier molecular flexibility index (Phi) is 9.79. The van der Waals surface area contributed by atoms with Gasteiger partial charge in [-0.2, -0.15) is 8.42 Å². The van der Waals surface area contributed by atoms with Gasteiger partial charge in [0, 0.05) is 19.6 Å². The van der Waals surface area contributed by atoms with Crippen molar-refractivity contribution in [3.05, 3.63) is 0 Å². The van der Waals surface area contributed by atoms with Gasteiger partial charge in [0.25, 0.3) is 0 Å². The van der Waals surface area contributed by atoms with Crippen molar-refractivity contribution < 1.29 is 18.1 Å². The van der Waals surface area contributed by atoms with Gasteiger partial charge < -0.3 is 16.2 Å². The molecule has 0 saturated carbocycles. The van der Waals surface area contributed by atoms with Gasteiger partial charge in [0.15, 0.2) is 0 Å². The van der Waals surface area contributed by atoms with E-state index in [0.29, 0.717) is 13.1 Å². The summed E-state index contributed by atoms with van der Waals surface area (Å²) in [5.41, 5.74) is 5.17. The fourth-order valence-electron chi connectivity index (χ4n) is 0.413. The third-order valence-corrected chi connectivity index (χ3v) is 0.761. The zero-order chi connectivity index (χ0) is 10.9. The van der Waals surface area contributed by atoms with E-state index < -0.39 is 10.3 Å². The second-order valence-electron chi connectivity index (χ2n) is 2.36. The number of aliphatic hydroxyl groups excluding tert-OH is 1. The van der Waals surface area contributed by atoms with Crippen LogP contribution in [0.4, 0.5) is 0 Å². The first-order valence-corrected chi connectivity index (χ1v) is 5.11. The van der Waals surface area contributed by atoms with Crippen molar-refractivity contribution in [2.45, 2.75) is 13.0 Å². The first kappa shape index (κ1) is 15.2. The van der Waals surface area contributed by atoms with E-state index in [1.54, 1.807) is 6.92 Å². The van der Waals surface area contributed by atoms with Gasteiger partial charge in [-0.25, -0.2) is 5.14 Å². The fourth-order valence-corrected chi connectivity index (χ4v) is 0.413. The summed E-state index contributed by atoms with van der Waals surface area (Å²) in [5.74, 6) is 0. The summed E-state index contributed by atoms with van der Waals surface area (Å²) in [5, 5.41) is 15.5. The highest BCUT2D eigenvalue weighted by atomic mass is 32.2. The lowest BCUT2D eigenvalue weighted by atomic mass is 10.4. The standard InChI is InChI=1S/C5H14N2O.H3NO3S/c1-5(8)4-7-3-2-6;1-5(2,3)4/h5,7-8H,2-4,6H2,1H3;(H3,1,2,3,4). The number of hydrogen-bond donors (Lipinski definition) is 5. The molecule has 1 unspecified atom stereocenters. The molecule has 0 rings (SSSR count). The van der Waals surface area contributed by atoms with Crippen LogP contribution in [0, 0.1) is 0 Å². The summed E-state index contributed by atoms with van der Waals surface area (Å²) < 4.78 is 25.2.